The smallest absolute Gasteiger partial charge is 0.156 e. The van der Waals surface area contributed by atoms with E-state index in [-0.39, 0.29) is 6.10 Å². The lowest BCUT2D eigenvalue weighted by Crippen LogP contribution is -2.39. The van der Waals surface area contributed by atoms with Gasteiger partial charge in [0.15, 0.2) is 5.82 Å². The molecule has 116 valence electrons. The van der Waals surface area contributed by atoms with Crippen LogP contribution in [0.5, 0.6) is 0 Å². The molecule has 2 heterocycles. The number of aliphatic hydroxyl groups is 1. The summed E-state index contributed by atoms with van der Waals surface area (Å²) in [5.74, 6) is 2.13. The van der Waals surface area contributed by atoms with Crippen LogP contribution >= 0.6 is 0 Å². The van der Waals surface area contributed by atoms with E-state index in [1.54, 1.807) is 7.11 Å². The van der Waals surface area contributed by atoms with Gasteiger partial charge in [-0.15, -0.1) is 0 Å². The van der Waals surface area contributed by atoms with Gasteiger partial charge in [0.1, 0.15) is 12.4 Å². The lowest BCUT2D eigenvalue weighted by Gasteiger charge is -2.32. The number of hydrogen-bond acceptors (Lipinski definition) is 5. The summed E-state index contributed by atoms with van der Waals surface area (Å²) >= 11 is 0. The van der Waals surface area contributed by atoms with Crippen LogP contribution < -0.4 is 4.90 Å². The molecule has 0 radical (unpaired) electrons. The number of rotatable bonds is 4. The molecule has 0 bridgehead atoms. The lowest BCUT2D eigenvalue weighted by molar-refractivity contribution is 0.118. The predicted octanol–water partition coefficient (Wildman–Crippen LogP) is 2.06. The van der Waals surface area contributed by atoms with Gasteiger partial charge < -0.3 is 14.7 Å². The molecule has 3 atom stereocenters. The molecule has 0 unspecified atom stereocenters. The molecule has 2 fully saturated rings. The van der Waals surface area contributed by atoms with Crippen molar-refractivity contribution in [3.05, 3.63) is 17.6 Å². The highest BCUT2D eigenvalue weighted by atomic mass is 16.5. The number of methoxy groups -OCH3 is 1. The summed E-state index contributed by atoms with van der Waals surface area (Å²) < 4.78 is 5.16. The Bertz CT molecular complexity index is 494. The SMILES string of the molecule is COCc1nc(C)cc(N2CCC[C@@H]2[C@@H]2CCC[C@H]2O)n1. The Labute approximate surface area is 126 Å². The minimum Gasteiger partial charge on any atom is -0.393 e. The summed E-state index contributed by atoms with van der Waals surface area (Å²) in [5, 5.41) is 10.2. The van der Waals surface area contributed by atoms with Gasteiger partial charge in [-0.1, -0.05) is 6.42 Å². The maximum atomic E-state index is 10.2. The number of nitrogens with zero attached hydrogens (tertiary/aromatic N) is 3. The molecule has 1 aromatic heterocycles. The molecular formula is C16H25N3O2. The third kappa shape index (κ3) is 3.04. The zero-order valence-electron chi connectivity index (χ0n) is 13.0. The molecule has 1 N–H and O–H groups in total. The summed E-state index contributed by atoms with van der Waals surface area (Å²) in [5.41, 5.74) is 0.977. The van der Waals surface area contributed by atoms with Crippen LogP contribution in [0.3, 0.4) is 0 Å². The maximum Gasteiger partial charge on any atom is 0.156 e. The zero-order valence-corrected chi connectivity index (χ0v) is 13.0. The molecule has 1 saturated carbocycles. The van der Waals surface area contributed by atoms with Crippen LogP contribution in [-0.4, -0.2) is 40.9 Å². The summed E-state index contributed by atoms with van der Waals surface area (Å²) in [4.78, 5) is 11.5. The second-order valence-electron chi connectivity index (χ2n) is 6.28. The number of aryl methyl sites for hydroxylation is 1. The van der Waals surface area contributed by atoms with Crippen molar-refractivity contribution in [2.75, 3.05) is 18.6 Å². The monoisotopic (exact) mass is 291 g/mol. The van der Waals surface area contributed by atoms with E-state index in [4.69, 9.17) is 4.74 Å². The van der Waals surface area contributed by atoms with Crippen molar-refractivity contribution in [3.63, 3.8) is 0 Å². The van der Waals surface area contributed by atoms with Crippen LogP contribution in [0.2, 0.25) is 0 Å². The first-order chi connectivity index (χ1) is 10.2. The molecule has 0 aromatic carbocycles. The van der Waals surface area contributed by atoms with Crippen molar-refractivity contribution in [1.29, 1.82) is 0 Å². The summed E-state index contributed by atoms with van der Waals surface area (Å²) in [6, 6.07) is 2.48. The van der Waals surface area contributed by atoms with Crippen LogP contribution in [0.25, 0.3) is 0 Å². The number of hydrogen-bond donors (Lipinski definition) is 1. The van der Waals surface area contributed by atoms with Gasteiger partial charge in [-0.2, -0.15) is 0 Å². The van der Waals surface area contributed by atoms with E-state index in [1.165, 1.54) is 6.42 Å². The minimum atomic E-state index is -0.142. The molecule has 2 aliphatic rings. The summed E-state index contributed by atoms with van der Waals surface area (Å²) in [6.07, 6.45) is 5.43. The molecule has 1 aliphatic carbocycles. The zero-order chi connectivity index (χ0) is 14.8. The molecule has 0 amide bonds. The highest BCUT2D eigenvalue weighted by Crippen LogP contribution is 2.37. The van der Waals surface area contributed by atoms with Crippen LogP contribution in [0.15, 0.2) is 6.07 Å². The Kier molecular flexibility index (Phi) is 4.40. The van der Waals surface area contributed by atoms with Crippen molar-refractivity contribution in [3.8, 4) is 0 Å². The fourth-order valence-corrected chi connectivity index (χ4v) is 3.89. The Morgan fingerprint density at radius 3 is 2.86 bits per heavy atom. The quantitative estimate of drug-likeness (QED) is 0.920. The van der Waals surface area contributed by atoms with Crippen molar-refractivity contribution in [1.82, 2.24) is 9.97 Å². The second-order valence-corrected chi connectivity index (χ2v) is 6.28. The van der Waals surface area contributed by atoms with E-state index >= 15 is 0 Å². The minimum absolute atomic E-state index is 0.142. The van der Waals surface area contributed by atoms with Gasteiger partial charge in [-0.3, -0.25) is 0 Å². The Balaban J connectivity index is 1.84. The first kappa shape index (κ1) is 14.7. The second kappa shape index (κ2) is 6.28. The topological polar surface area (TPSA) is 58.5 Å². The number of ether oxygens (including phenoxy) is 1. The molecule has 1 saturated heterocycles. The van der Waals surface area contributed by atoms with Crippen molar-refractivity contribution < 1.29 is 9.84 Å². The van der Waals surface area contributed by atoms with E-state index in [9.17, 15) is 5.11 Å². The van der Waals surface area contributed by atoms with Crippen molar-refractivity contribution in [2.24, 2.45) is 5.92 Å². The van der Waals surface area contributed by atoms with Gasteiger partial charge in [0.25, 0.3) is 0 Å². The van der Waals surface area contributed by atoms with Gasteiger partial charge >= 0.3 is 0 Å². The van der Waals surface area contributed by atoms with E-state index in [2.05, 4.69) is 20.9 Å². The predicted molar refractivity (Wildman–Crippen MR) is 81.2 cm³/mol. The third-order valence-electron chi connectivity index (χ3n) is 4.78. The van der Waals surface area contributed by atoms with E-state index in [1.807, 2.05) is 6.92 Å². The fourth-order valence-electron chi connectivity index (χ4n) is 3.89. The molecule has 3 rings (SSSR count). The van der Waals surface area contributed by atoms with Gasteiger partial charge in [-0.25, -0.2) is 9.97 Å². The Morgan fingerprint density at radius 1 is 1.29 bits per heavy atom. The largest absolute Gasteiger partial charge is 0.393 e. The molecule has 5 heteroatoms. The van der Waals surface area contributed by atoms with Gasteiger partial charge in [-0.05, 0) is 32.6 Å². The molecule has 5 nitrogen and oxygen atoms in total. The molecule has 1 aromatic rings. The van der Waals surface area contributed by atoms with E-state index in [0.29, 0.717) is 18.6 Å². The maximum absolute atomic E-state index is 10.2. The lowest BCUT2D eigenvalue weighted by atomic mass is 9.94. The average molecular weight is 291 g/mol. The first-order valence-corrected chi connectivity index (χ1v) is 7.97. The number of anilines is 1. The normalized spacial score (nSPS) is 29.3. The van der Waals surface area contributed by atoms with E-state index in [0.717, 1.165) is 49.6 Å². The van der Waals surface area contributed by atoms with Crippen LogP contribution in [0, 0.1) is 12.8 Å². The van der Waals surface area contributed by atoms with Gasteiger partial charge in [0, 0.05) is 37.4 Å². The highest BCUT2D eigenvalue weighted by molar-refractivity contribution is 5.42. The summed E-state index contributed by atoms with van der Waals surface area (Å²) in [7, 11) is 1.67. The molecule has 21 heavy (non-hydrogen) atoms. The average Bonchev–Trinajstić information content (AvgIpc) is 3.06. The van der Waals surface area contributed by atoms with E-state index < -0.39 is 0 Å². The van der Waals surface area contributed by atoms with Crippen molar-refractivity contribution in [2.45, 2.75) is 57.8 Å². The van der Waals surface area contributed by atoms with Crippen LogP contribution in [0.4, 0.5) is 5.82 Å². The fraction of sp³-hybridized carbons (Fsp3) is 0.750. The van der Waals surface area contributed by atoms with Crippen LogP contribution in [0.1, 0.15) is 43.6 Å². The molecule has 0 spiro atoms. The van der Waals surface area contributed by atoms with Gasteiger partial charge in [0.2, 0.25) is 0 Å². The van der Waals surface area contributed by atoms with Gasteiger partial charge in [0.05, 0.1) is 6.10 Å². The Hall–Kier alpha value is -1.20. The number of aliphatic hydroxyl groups excluding tert-OH is 1. The third-order valence-corrected chi connectivity index (χ3v) is 4.78. The van der Waals surface area contributed by atoms with Crippen LogP contribution in [-0.2, 0) is 11.3 Å². The molecular weight excluding hydrogens is 266 g/mol. The standard InChI is InChI=1S/C16H25N3O2/c1-11-9-16(18-15(17-11)10-21-2)19-8-4-6-13(19)12-5-3-7-14(12)20/h9,12-14,20H,3-8,10H2,1-2H3/t12-,13+,14+/m0/s1. The highest BCUT2D eigenvalue weighted by Gasteiger charge is 2.38. The first-order valence-electron chi connectivity index (χ1n) is 7.97. The van der Waals surface area contributed by atoms with Crippen molar-refractivity contribution >= 4 is 5.82 Å². The number of aromatic nitrogens is 2. The summed E-state index contributed by atoms with van der Waals surface area (Å²) in [6.45, 7) is 3.47. The Morgan fingerprint density at radius 2 is 2.14 bits per heavy atom. The molecule has 1 aliphatic heterocycles.